The Labute approximate surface area is 126 Å². The number of rotatable bonds is 6. The van der Waals surface area contributed by atoms with E-state index in [1.54, 1.807) is 0 Å². The Kier molecular flexibility index (Phi) is 4.81. The molecule has 1 aliphatic carbocycles. The van der Waals surface area contributed by atoms with Crippen molar-refractivity contribution in [2.24, 2.45) is 5.41 Å². The summed E-state index contributed by atoms with van der Waals surface area (Å²) in [5.74, 6) is -0.471. The van der Waals surface area contributed by atoms with Crippen molar-refractivity contribution in [3.8, 4) is 0 Å². The highest BCUT2D eigenvalue weighted by atomic mass is 16.4. The molecule has 0 bridgehead atoms. The third-order valence-electron chi connectivity index (χ3n) is 4.62. The second-order valence-electron chi connectivity index (χ2n) is 6.50. The predicted molar refractivity (Wildman–Crippen MR) is 82.7 cm³/mol. The van der Waals surface area contributed by atoms with Crippen LogP contribution in [0.25, 0.3) is 0 Å². The van der Waals surface area contributed by atoms with Crippen LogP contribution in [0.1, 0.15) is 66.9 Å². The number of ketones is 1. The molecule has 1 aliphatic rings. The highest BCUT2D eigenvalue weighted by Gasteiger charge is 2.37. The molecule has 1 atom stereocenters. The average Bonchev–Trinajstić information content (AvgIpc) is 2.43. The first kappa shape index (κ1) is 15.7. The van der Waals surface area contributed by atoms with E-state index in [1.165, 1.54) is 11.1 Å². The molecule has 0 heterocycles. The Morgan fingerprint density at radius 1 is 1.29 bits per heavy atom. The molecule has 1 unspecified atom stereocenters. The maximum absolute atomic E-state index is 12.7. The van der Waals surface area contributed by atoms with Gasteiger partial charge >= 0.3 is 5.97 Å². The molecule has 3 heteroatoms. The van der Waals surface area contributed by atoms with Gasteiger partial charge in [0.25, 0.3) is 0 Å². The zero-order valence-corrected chi connectivity index (χ0v) is 12.9. The van der Waals surface area contributed by atoms with Crippen molar-refractivity contribution >= 4 is 11.8 Å². The van der Waals surface area contributed by atoms with E-state index >= 15 is 0 Å². The minimum absolute atomic E-state index is 0.229. The zero-order chi connectivity index (χ0) is 15.5. The number of fused-ring (bicyclic) bond motifs is 1. The van der Waals surface area contributed by atoms with E-state index in [0.29, 0.717) is 6.42 Å². The number of carbonyl (C=O) groups excluding carboxylic acids is 1. The fraction of sp³-hybridized carbons (Fsp3) is 0.556. The van der Waals surface area contributed by atoms with Gasteiger partial charge in [0.2, 0.25) is 0 Å². The molecule has 21 heavy (non-hydrogen) atoms. The van der Waals surface area contributed by atoms with Crippen LogP contribution in [0, 0.1) is 12.3 Å². The molecule has 1 aromatic rings. The molecule has 0 radical (unpaired) electrons. The number of aryl methyl sites for hydroxylation is 2. The number of unbranched alkanes of at least 4 members (excludes halogenated alkanes) is 2. The lowest BCUT2D eigenvalue weighted by Crippen LogP contribution is -2.33. The number of hydrogen-bond acceptors (Lipinski definition) is 2. The monoisotopic (exact) mass is 288 g/mol. The van der Waals surface area contributed by atoms with Crippen LogP contribution in [0.3, 0.4) is 0 Å². The summed E-state index contributed by atoms with van der Waals surface area (Å²) in [7, 11) is 0. The maximum atomic E-state index is 12.7. The standard InChI is InChI=1S/C18H24O3/c1-13-7-8-15-14(12-13)9-11-18(2,17(15)21)10-5-3-4-6-16(19)20/h7-8,12H,3-6,9-11H2,1-2H3,(H,19,20). The largest absolute Gasteiger partial charge is 0.481 e. The first-order valence-corrected chi connectivity index (χ1v) is 7.78. The van der Waals surface area contributed by atoms with E-state index < -0.39 is 5.97 Å². The summed E-state index contributed by atoms with van der Waals surface area (Å²) in [6, 6.07) is 6.10. The minimum atomic E-state index is -0.737. The topological polar surface area (TPSA) is 54.4 Å². The molecule has 0 amide bonds. The molecule has 1 aromatic carbocycles. The van der Waals surface area contributed by atoms with E-state index in [9.17, 15) is 9.59 Å². The number of carboxylic acid groups (broad SMARTS) is 1. The Morgan fingerprint density at radius 2 is 2.05 bits per heavy atom. The molecule has 0 fully saturated rings. The van der Waals surface area contributed by atoms with Crippen LogP contribution in [0.15, 0.2) is 18.2 Å². The average molecular weight is 288 g/mol. The van der Waals surface area contributed by atoms with Gasteiger partial charge in [-0.1, -0.05) is 43.5 Å². The van der Waals surface area contributed by atoms with Crippen molar-refractivity contribution in [2.45, 2.75) is 58.8 Å². The number of benzene rings is 1. The lowest BCUT2D eigenvalue weighted by atomic mass is 9.69. The van der Waals surface area contributed by atoms with Gasteiger partial charge in [-0.3, -0.25) is 9.59 Å². The van der Waals surface area contributed by atoms with Crippen LogP contribution >= 0.6 is 0 Å². The smallest absolute Gasteiger partial charge is 0.303 e. The molecule has 114 valence electrons. The Morgan fingerprint density at radius 3 is 2.76 bits per heavy atom. The summed E-state index contributed by atoms with van der Waals surface area (Å²) in [4.78, 5) is 23.2. The van der Waals surface area contributed by atoms with E-state index in [-0.39, 0.29) is 17.6 Å². The summed E-state index contributed by atoms with van der Waals surface area (Å²) >= 11 is 0. The predicted octanol–water partition coefficient (Wildman–Crippen LogP) is 4.17. The normalized spacial score (nSPS) is 21.1. The van der Waals surface area contributed by atoms with Gasteiger partial charge in [-0.05, 0) is 38.2 Å². The zero-order valence-electron chi connectivity index (χ0n) is 12.9. The highest BCUT2D eigenvalue weighted by Crippen LogP contribution is 2.39. The number of hydrogen-bond donors (Lipinski definition) is 1. The van der Waals surface area contributed by atoms with Crippen LogP contribution in [-0.2, 0) is 11.2 Å². The molecule has 0 aromatic heterocycles. The van der Waals surface area contributed by atoms with Gasteiger partial charge in [-0.2, -0.15) is 0 Å². The van der Waals surface area contributed by atoms with Crippen molar-refractivity contribution in [3.05, 3.63) is 34.9 Å². The van der Waals surface area contributed by atoms with Gasteiger partial charge in [0.05, 0.1) is 0 Å². The first-order chi connectivity index (χ1) is 9.92. The molecule has 0 saturated carbocycles. The van der Waals surface area contributed by atoms with Gasteiger partial charge in [-0.15, -0.1) is 0 Å². The van der Waals surface area contributed by atoms with Crippen molar-refractivity contribution in [1.82, 2.24) is 0 Å². The van der Waals surface area contributed by atoms with E-state index in [1.807, 2.05) is 12.1 Å². The number of carbonyl (C=O) groups is 2. The van der Waals surface area contributed by atoms with Crippen LogP contribution in [0.2, 0.25) is 0 Å². The molecule has 0 saturated heterocycles. The van der Waals surface area contributed by atoms with Crippen LogP contribution in [0.5, 0.6) is 0 Å². The quantitative estimate of drug-likeness (QED) is 0.799. The van der Waals surface area contributed by atoms with Gasteiger partial charge in [0, 0.05) is 17.4 Å². The Hall–Kier alpha value is -1.64. The number of Topliss-reactive ketones (excluding diaryl/α,β-unsaturated/α-hetero) is 1. The van der Waals surface area contributed by atoms with Crippen LogP contribution in [-0.4, -0.2) is 16.9 Å². The molecular formula is C18H24O3. The number of aliphatic carboxylic acids is 1. The molecule has 1 N–H and O–H groups in total. The molecule has 0 spiro atoms. The lowest BCUT2D eigenvalue weighted by Gasteiger charge is -2.33. The first-order valence-electron chi connectivity index (χ1n) is 7.78. The van der Waals surface area contributed by atoms with E-state index in [2.05, 4.69) is 19.9 Å². The third-order valence-corrected chi connectivity index (χ3v) is 4.62. The minimum Gasteiger partial charge on any atom is -0.481 e. The second kappa shape index (κ2) is 6.42. The SMILES string of the molecule is Cc1ccc2c(c1)CCC(C)(CCCCCC(=O)O)C2=O. The summed E-state index contributed by atoms with van der Waals surface area (Å²) in [5, 5.41) is 8.63. The van der Waals surface area contributed by atoms with Gasteiger partial charge < -0.3 is 5.11 Å². The summed E-state index contributed by atoms with van der Waals surface area (Å²) in [6.07, 6.45) is 5.48. The molecule has 2 rings (SSSR count). The van der Waals surface area contributed by atoms with Crippen LogP contribution < -0.4 is 0 Å². The summed E-state index contributed by atoms with van der Waals surface area (Å²) in [6.45, 7) is 4.12. The fourth-order valence-corrected chi connectivity index (χ4v) is 3.21. The summed E-state index contributed by atoms with van der Waals surface area (Å²) < 4.78 is 0. The second-order valence-corrected chi connectivity index (χ2v) is 6.50. The Bertz CT molecular complexity index is 547. The molecule has 0 aliphatic heterocycles. The van der Waals surface area contributed by atoms with Gasteiger partial charge in [-0.25, -0.2) is 0 Å². The fourth-order valence-electron chi connectivity index (χ4n) is 3.21. The Balaban J connectivity index is 1.96. The molecule has 3 nitrogen and oxygen atoms in total. The van der Waals surface area contributed by atoms with Crippen molar-refractivity contribution < 1.29 is 14.7 Å². The molecular weight excluding hydrogens is 264 g/mol. The van der Waals surface area contributed by atoms with Gasteiger partial charge in [0.1, 0.15) is 0 Å². The van der Waals surface area contributed by atoms with Crippen LogP contribution in [0.4, 0.5) is 0 Å². The lowest BCUT2D eigenvalue weighted by molar-refractivity contribution is -0.137. The summed E-state index contributed by atoms with van der Waals surface area (Å²) in [5.41, 5.74) is 3.01. The maximum Gasteiger partial charge on any atom is 0.303 e. The van der Waals surface area contributed by atoms with Crippen molar-refractivity contribution in [2.75, 3.05) is 0 Å². The highest BCUT2D eigenvalue weighted by molar-refractivity contribution is 6.02. The third kappa shape index (κ3) is 3.72. The van der Waals surface area contributed by atoms with E-state index in [4.69, 9.17) is 5.11 Å². The van der Waals surface area contributed by atoms with Crippen molar-refractivity contribution in [1.29, 1.82) is 0 Å². The van der Waals surface area contributed by atoms with Gasteiger partial charge in [0.15, 0.2) is 5.78 Å². The van der Waals surface area contributed by atoms with E-state index in [0.717, 1.165) is 37.7 Å². The number of carboxylic acids is 1. The van der Waals surface area contributed by atoms with Crippen molar-refractivity contribution in [3.63, 3.8) is 0 Å².